The largest absolute Gasteiger partial charge is 0.352 e. The van der Waals surface area contributed by atoms with Gasteiger partial charge in [-0.15, -0.1) is 11.6 Å². The molecule has 0 saturated heterocycles. The van der Waals surface area contributed by atoms with Gasteiger partial charge in [-0.25, -0.2) is 9.97 Å². The van der Waals surface area contributed by atoms with Crippen LogP contribution in [-0.2, 0) is 10.1 Å². The molecule has 9 heteroatoms. The molecule has 1 aromatic carbocycles. The van der Waals surface area contributed by atoms with E-state index in [0.29, 0.717) is 11.3 Å². The van der Waals surface area contributed by atoms with Crippen LogP contribution in [0.4, 0.5) is 5.69 Å². The third-order valence-electron chi connectivity index (χ3n) is 4.17. The Morgan fingerprint density at radius 2 is 1.85 bits per heavy atom. The lowest BCUT2D eigenvalue weighted by molar-refractivity contribution is 0.0931. The molecule has 7 nitrogen and oxygen atoms in total. The fraction of sp³-hybridized carbons (Fsp3) is 0.167. The second-order valence-corrected chi connectivity index (χ2v) is 8.26. The van der Waals surface area contributed by atoms with Gasteiger partial charge in [-0.3, -0.25) is 9.35 Å². The Labute approximate surface area is 161 Å². The molecule has 0 bridgehead atoms. The summed E-state index contributed by atoms with van der Waals surface area (Å²) in [5.74, 6) is -1.34. The fourth-order valence-electron chi connectivity index (χ4n) is 2.98. The standard InChI is InChI=1S/C18H16ClN3O4S/c1-18(19)14(16(23)12-5-3-2-4-6-12)7-8-15(17(18)27(24,25)26)22-13-9-20-11-21-10-13/h2-11,14,22H,1H3,(H,24,25,26). The summed E-state index contributed by atoms with van der Waals surface area (Å²) in [5, 5.41) is 2.83. The molecular weight excluding hydrogens is 390 g/mol. The number of rotatable bonds is 5. The molecule has 2 atom stereocenters. The van der Waals surface area contributed by atoms with Crippen LogP contribution >= 0.6 is 11.6 Å². The molecule has 1 aromatic heterocycles. The van der Waals surface area contributed by atoms with Crippen LogP contribution in [-0.4, -0.2) is 33.6 Å². The number of carbonyl (C=O) groups is 1. The second-order valence-electron chi connectivity index (χ2n) is 6.11. The van der Waals surface area contributed by atoms with E-state index in [0.717, 1.165) is 0 Å². The minimum Gasteiger partial charge on any atom is -0.352 e. The Bertz CT molecular complexity index is 1020. The SMILES string of the molecule is CC1(Cl)C(S(=O)(=O)O)=C(Nc2cncnc2)C=CC1C(=O)c1ccccc1. The molecule has 2 unspecified atom stereocenters. The van der Waals surface area contributed by atoms with Gasteiger partial charge < -0.3 is 5.32 Å². The lowest BCUT2D eigenvalue weighted by Crippen LogP contribution is -2.41. The van der Waals surface area contributed by atoms with Crippen molar-refractivity contribution in [1.29, 1.82) is 0 Å². The lowest BCUT2D eigenvalue weighted by Gasteiger charge is -2.34. The Hall–Kier alpha value is -2.55. The second kappa shape index (κ2) is 7.22. The third-order valence-corrected chi connectivity index (χ3v) is 5.86. The number of hydrogen-bond donors (Lipinski definition) is 2. The number of nitrogens with zero attached hydrogens (tertiary/aromatic N) is 2. The number of nitrogens with one attached hydrogen (secondary N) is 1. The predicted molar refractivity (Wildman–Crippen MR) is 102 cm³/mol. The van der Waals surface area contributed by atoms with Crippen molar-refractivity contribution in [3.63, 3.8) is 0 Å². The van der Waals surface area contributed by atoms with Crippen molar-refractivity contribution in [2.75, 3.05) is 5.32 Å². The first-order valence-electron chi connectivity index (χ1n) is 7.92. The molecule has 0 aliphatic heterocycles. The zero-order chi connectivity index (χ0) is 19.7. The normalized spacial score (nSPS) is 22.6. The fourth-order valence-corrected chi connectivity index (χ4v) is 4.57. The highest BCUT2D eigenvalue weighted by atomic mass is 35.5. The van der Waals surface area contributed by atoms with E-state index in [2.05, 4.69) is 15.3 Å². The molecule has 0 spiro atoms. The Balaban J connectivity index is 2.06. The smallest absolute Gasteiger partial charge is 0.294 e. The number of alkyl halides is 1. The minimum atomic E-state index is -4.71. The van der Waals surface area contributed by atoms with Crippen molar-refractivity contribution in [1.82, 2.24) is 9.97 Å². The average Bonchev–Trinajstić information content (AvgIpc) is 2.61. The van der Waals surface area contributed by atoms with Gasteiger partial charge in [0.1, 0.15) is 11.2 Å². The molecule has 1 aliphatic rings. The van der Waals surface area contributed by atoms with Crippen molar-refractivity contribution < 1.29 is 17.8 Å². The number of hydrogen-bond acceptors (Lipinski definition) is 6. The van der Waals surface area contributed by atoms with E-state index < -0.39 is 25.8 Å². The van der Waals surface area contributed by atoms with Crippen LogP contribution in [0.1, 0.15) is 17.3 Å². The van der Waals surface area contributed by atoms with E-state index in [4.69, 9.17) is 11.6 Å². The third kappa shape index (κ3) is 3.92. The first-order chi connectivity index (χ1) is 12.7. The number of halogens is 1. The first kappa shape index (κ1) is 19.2. The Morgan fingerprint density at radius 3 is 2.44 bits per heavy atom. The summed E-state index contributed by atoms with van der Waals surface area (Å²) in [7, 11) is -4.71. The molecule has 1 aliphatic carbocycles. The summed E-state index contributed by atoms with van der Waals surface area (Å²) in [5.41, 5.74) is 0.835. The van der Waals surface area contributed by atoms with E-state index in [-0.39, 0.29) is 11.5 Å². The molecule has 0 fully saturated rings. The molecule has 0 radical (unpaired) electrons. The van der Waals surface area contributed by atoms with Crippen LogP contribution in [0.15, 0.2) is 71.8 Å². The van der Waals surface area contributed by atoms with Crippen LogP contribution in [0.3, 0.4) is 0 Å². The summed E-state index contributed by atoms with van der Waals surface area (Å²) in [6.07, 6.45) is 7.11. The van der Waals surface area contributed by atoms with E-state index >= 15 is 0 Å². The van der Waals surface area contributed by atoms with Gasteiger partial charge in [-0.1, -0.05) is 36.4 Å². The van der Waals surface area contributed by atoms with Gasteiger partial charge >= 0.3 is 0 Å². The van der Waals surface area contributed by atoms with Gasteiger partial charge in [0.05, 0.1) is 34.6 Å². The Kier molecular flexibility index (Phi) is 5.14. The van der Waals surface area contributed by atoms with Crippen molar-refractivity contribution in [3.05, 3.63) is 77.4 Å². The van der Waals surface area contributed by atoms with E-state index in [1.165, 1.54) is 37.8 Å². The van der Waals surface area contributed by atoms with Crippen LogP contribution in [0.5, 0.6) is 0 Å². The Morgan fingerprint density at radius 1 is 1.22 bits per heavy atom. The van der Waals surface area contributed by atoms with Gasteiger partial charge in [0, 0.05) is 5.56 Å². The summed E-state index contributed by atoms with van der Waals surface area (Å²) in [6.45, 7) is 1.38. The monoisotopic (exact) mass is 405 g/mol. The molecule has 2 N–H and O–H groups in total. The summed E-state index contributed by atoms with van der Waals surface area (Å²) >= 11 is 6.55. The minimum absolute atomic E-state index is 0.0434. The number of anilines is 1. The highest BCUT2D eigenvalue weighted by Crippen LogP contribution is 2.43. The molecular formula is C18H16ClN3O4S. The molecule has 27 heavy (non-hydrogen) atoms. The van der Waals surface area contributed by atoms with Crippen LogP contribution in [0, 0.1) is 5.92 Å². The average molecular weight is 406 g/mol. The van der Waals surface area contributed by atoms with Crippen molar-refractivity contribution in [2.45, 2.75) is 11.8 Å². The van der Waals surface area contributed by atoms with E-state index in [1.54, 1.807) is 30.3 Å². The van der Waals surface area contributed by atoms with Gasteiger partial charge in [-0.05, 0) is 13.0 Å². The lowest BCUT2D eigenvalue weighted by atomic mass is 9.82. The van der Waals surface area contributed by atoms with Gasteiger partial charge in [-0.2, -0.15) is 8.42 Å². The van der Waals surface area contributed by atoms with Crippen LogP contribution in [0.2, 0.25) is 0 Å². The highest BCUT2D eigenvalue weighted by Gasteiger charge is 2.47. The number of carbonyl (C=O) groups excluding carboxylic acids is 1. The maximum Gasteiger partial charge on any atom is 0.294 e. The zero-order valence-electron chi connectivity index (χ0n) is 14.2. The summed E-state index contributed by atoms with van der Waals surface area (Å²) in [6, 6.07) is 8.41. The molecule has 140 valence electrons. The first-order valence-corrected chi connectivity index (χ1v) is 9.73. The van der Waals surface area contributed by atoms with Crippen molar-refractivity contribution in [3.8, 4) is 0 Å². The molecule has 2 aromatic rings. The zero-order valence-corrected chi connectivity index (χ0v) is 15.8. The summed E-state index contributed by atoms with van der Waals surface area (Å²) in [4.78, 5) is 18.4. The van der Waals surface area contributed by atoms with E-state index in [9.17, 15) is 17.8 Å². The topological polar surface area (TPSA) is 109 Å². The van der Waals surface area contributed by atoms with Crippen LogP contribution in [0.25, 0.3) is 0 Å². The molecule has 1 heterocycles. The predicted octanol–water partition coefficient (Wildman–Crippen LogP) is 3.05. The van der Waals surface area contributed by atoms with Crippen molar-refractivity contribution in [2.24, 2.45) is 5.92 Å². The number of aromatic nitrogens is 2. The van der Waals surface area contributed by atoms with Gasteiger partial charge in [0.15, 0.2) is 5.78 Å². The molecule has 3 rings (SSSR count). The van der Waals surface area contributed by atoms with Crippen LogP contribution < -0.4 is 5.32 Å². The maximum atomic E-state index is 12.9. The number of ketones is 1. The highest BCUT2D eigenvalue weighted by molar-refractivity contribution is 7.90. The molecule has 0 saturated carbocycles. The molecule has 0 amide bonds. The van der Waals surface area contributed by atoms with Crippen molar-refractivity contribution >= 4 is 33.2 Å². The number of Topliss-reactive ketones (excluding diaryl/α,β-unsaturated/α-hetero) is 1. The number of benzene rings is 1. The summed E-state index contributed by atoms with van der Waals surface area (Å²) < 4.78 is 34.0. The van der Waals surface area contributed by atoms with Gasteiger partial charge in [0.2, 0.25) is 0 Å². The quantitative estimate of drug-likeness (QED) is 0.447. The number of allylic oxidation sites excluding steroid dienone is 3. The maximum absolute atomic E-state index is 12.9. The van der Waals surface area contributed by atoms with Gasteiger partial charge in [0.25, 0.3) is 10.1 Å². The van der Waals surface area contributed by atoms with E-state index in [1.807, 2.05) is 0 Å².